The van der Waals surface area contributed by atoms with Gasteiger partial charge in [0.15, 0.2) is 0 Å². The fourth-order valence-electron chi connectivity index (χ4n) is 3.93. The lowest BCUT2D eigenvalue weighted by Gasteiger charge is -2.30. The Morgan fingerprint density at radius 1 is 1.29 bits per heavy atom. The molecule has 2 heterocycles. The van der Waals surface area contributed by atoms with Gasteiger partial charge in [-0.25, -0.2) is 0 Å². The van der Waals surface area contributed by atoms with Crippen molar-refractivity contribution in [3.05, 3.63) is 45.1 Å². The van der Waals surface area contributed by atoms with E-state index in [1.807, 2.05) is 17.0 Å². The number of thiophene rings is 1. The van der Waals surface area contributed by atoms with Gasteiger partial charge in [0.05, 0.1) is 17.7 Å². The molecule has 4 rings (SSSR count). The highest BCUT2D eigenvalue weighted by Crippen LogP contribution is 2.39. The number of nitrogens with zero attached hydrogens (tertiary/aromatic N) is 1. The van der Waals surface area contributed by atoms with E-state index in [0.29, 0.717) is 0 Å². The van der Waals surface area contributed by atoms with Gasteiger partial charge in [0.1, 0.15) is 5.75 Å². The van der Waals surface area contributed by atoms with Crippen LogP contribution in [-0.2, 0) is 19.3 Å². The summed E-state index contributed by atoms with van der Waals surface area (Å²) in [5.41, 5.74) is 3.57. The van der Waals surface area contributed by atoms with Crippen LogP contribution in [0.1, 0.15) is 45.4 Å². The molecule has 0 spiro atoms. The van der Waals surface area contributed by atoms with E-state index in [2.05, 4.69) is 19.1 Å². The first-order chi connectivity index (χ1) is 11.7. The molecule has 2 aromatic rings. The molecule has 1 aliphatic heterocycles. The molecular weight excluding hydrogens is 318 g/mol. The van der Waals surface area contributed by atoms with Gasteiger partial charge in [0, 0.05) is 11.4 Å². The largest absolute Gasteiger partial charge is 0.495 e. The van der Waals surface area contributed by atoms with E-state index in [4.69, 9.17) is 4.74 Å². The Morgan fingerprint density at radius 3 is 3.00 bits per heavy atom. The highest BCUT2D eigenvalue weighted by Gasteiger charge is 2.29. The summed E-state index contributed by atoms with van der Waals surface area (Å²) in [6.07, 6.45) is 5.48. The summed E-state index contributed by atoms with van der Waals surface area (Å²) in [6, 6.07) is 8.21. The predicted molar refractivity (Wildman–Crippen MR) is 98.5 cm³/mol. The maximum atomic E-state index is 13.2. The molecule has 1 aliphatic carbocycles. The van der Waals surface area contributed by atoms with E-state index in [0.717, 1.165) is 54.5 Å². The van der Waals surface area contributed by atoms with Crippen molar-refractivity contribution in [3.8, 4) is 5.75 Å². The fraction of sp³-hybridized carbons (Fsp3) is 0.450. The van der Waals surface area contributed by atoms with Crippen molar-refractivity contribution < 1.29 is 9.53 Å². The smallest absolute Gasteiger partial charge is 0.268 e. The summed E-state index contributed by atoms with van der Waals surface area (Å²) in [6.45, 7) is 3.07. The van der Waals surface area contributed by atoms with Crippen LogP contribution in [0.25, 0.3) is 0 Å². The summed E-state index contributed by atoms with van der Waals surface area (Å²) in [7, 11) is 1.68. The van der Waals surface area contributed by atoms with Crippen LogP contribution in [0.2, 0.25) is 0 Å². The van der Waals surface area contributed by atoms with Crippen molar-refractivity contribution in [1.29, 1.82) is 0 Å². The van der Waals surface area contributed by atoms with Gasteiger partial charge < -0.3 is 9.64 Å². The van der Waals surface area contributed by atoms with E-state index in [1.54, 1.807) is 18.4 Å². The molecule has 0 fully saturated rings. The zero-order valence-electron chi connectivity index (χ0n) is 14.3. The third-order valence-corrected chi connectivity index (χ3v) is 6.41. The van der Waals surface area contributed by atoms with Crippen molar-refractivity contribution >= 4 is 22.9 Å². The summed E-state index contributed by atoms with van der Waals surface area (Å²) in [5, 5.41) is 0. The molecule has 0 saturated heterocycles. The number of amides is 1. The van der Waals surface area contributed by atoms with Crippen LogP contribution in [0.3, 0.4) is 0 Å². The molecule has 0 saturated carbocycles. The molecule has 0 bridgehead atoms. The number of aryl methyl sites for hydroxylation is 2. The molecule has 1 aromatic carbocycles. The Labute approximate surface area is 147 Å². The zero-order valence-corrected chi connectivity index (χ0v) is 15.1. The van der Waals surface area contributed by atoms with Gasteiger partial charge >= 0.3 is 0 Å². The van der Waals surface area contributed by atoms with Gasteiger partial charge in [0.25, 0.3) is 5.91 Å². The molecular formula is C20H23NO2S. The second kappa shape index (κ2) is 6.25. The molecule has 126 valence electrons. The minimum atomic E-state index is 0.132. The standard InChI is InChI=1S/C20H23NO2S/c1-13-8-9-17-15(11-13)12-18(24-17)20(22)21-10-4-6-14-5-3-7-16(23-2)19(14)21/h3,5,7,12-13H,4,6,8-11H2,1-2H3/t13-/m0/s1. The van der Waals surface area contributed by atoms with Gasteiger partial charge in [-0.2, -0.15) is 0 Å². The van der Waals surface area contributed by atoms with Crippen molar-refractivity contribution in [2.75, 3.05) is 18.6 Å². The second-order valence-corrected chi connectivity index (χ2v) is 8.07. The molecule has 4 heteroatoms. The second-order valence-electron chi connectivity index (χ2n) is 6.94. The first-order valence-corrected chi connectivity index (χ1v) is 9.58. The summed E-state index contributed by atoms with van der Waals surface area (Å²) in [5.74, 6) is 1.66. The molecule has 0 N–H and O–H groups in total. The molecule has 0 radical (unpaired) electrons. The average Bonchev–Trinajstić information content (AvgIpc) is 3.03. The topological polar surface area (TPSA) is 29.5 Å². The van der Waals surface area contributed by atoms with Crippen LogP contribution in [0.5, 0.6) is 5.75 Å². The Morgan fingerprint density at radius 2 is 2.17 bits per heavy atom. The third kappa shape index (κ3) is 2.63. The number of hydrogen-bond donors (Lipinski definition) is 0. The normalized spacial score (nSPS) is 19.6. The first-order valence-electron chi connectivity index (χ1n) is 8.76. The Balaban J connectivity index is 1.70. The number of fused-ring (bicyclic) bond motifs is 2. The van der Waals surface area contributed by atoms with Crippen molar-refractivity contribution in [2.24, 2.45) is 5.92 Å². The Kier molecular flexibility index (Phi) is 4.09. The number of benzene rings is 1. The fourth-order valence-corrected chi connectivity index (χ4v) is 5.08. The van der Waals surface area contributed by atoms with E-state index in [-0.39, 0.29) is 5.91 Å². The number of anilines is 1. The SMILES string of the molecule is COc1cccc2c1N(C(=O)c1cc3c(s1)CC[C@H](C)C3)CCC2. The van der Waals surface area contributed by atoms with Gasteiger partial charge in [0.2, 0.25) is 0 Å². The van der Waals surface area contributed by atoms with Gasteiger partial charge in [-0.15, -0.1) is 11.3 Å². The monoisotopic (exact) mass is 341 g/mol. The number of methoxy groups -OCH3 is 1. The average molecular weight is 341 g/mol. The molecule has 1 aromatic heterocycles. The van der Waals surface area contributed by atoms with Crippen molar-refractivity contribution in [2.45, 2.75) is 39.0 Å². The maximum Gasteiger partial charge on any atom is 0.268 e. The number of carbonyl (C=O) groups excluding carboxylic acids is 1. The number of carbonyl (C=O) groups is 1. The lowest BCUT2D eigenvalue weighted by Crippen LogP contribution is -2.35. The zero-order chi connectivity index (χ0) is 16.7. The van der Waals surface area contributed by atoms with E-state index in [9.17, 15) is 4.79 Å². The van der Waals surface area contributed by atoms with Crippen LogP contribution in [-0.4, -0.2) is 19.6 Å². The highest BCUT2D eigenvalue weighted by atomic mass is 32.1. The quantitative estimate of drug-likeness (QED) is 0.806. The molecule has 24 heavy (non-hydrogen) atoms. The Bertz CT molecular complexity index is 766. The minimum Gasteiger partial charge on any atom is -0.495 e. The summed E-state index contributed by atoms with van der Waals surface area (Å²) >= 11 is 1.70. The molecule has 1 atom stereocenters. The predicted octanol–water partition coefficient (Wildman–Crippen LogP) is 4.47. The lowest BCUT2D eigenvalue weighted by atomic mass is 9.90. The molecule has 1 amide bonds. The molecule has 3 nitrogen and oxygen atoms in total. The summed E-state index contributed by atoms with van der Waals surface area (Å²) < 4.78 is 5.53. The van der Waals surface area contributed by atoms with E-state index < -0.39 is 0 Å². The minimum absolute atomic E-state index is 0.132. The lowest BCUT2D eigenvalue weighted by molar-refractivity contribution is 0.0988. The van der Waals surface area contributed by atoms with E-state index >= 15 is 0 Å². The van der Waals surface area contributed by atoms with Crippen LogP contribution >= 0.6 is 11.3 Å². The first kappa shape index (κ1) is 15.7. The number of ether oxygens (including phenoxy) is 1. The van der Waals surface area contributed by atoms with Gasteiger partial charge in [-0.05, 0) is 61.3 Å². The number of rotatable bonds is 2. The third-order valence-electron chi connectivity index (χ3n) is 5.19. The van der Waals surface area contributed by atoms with Crippen molar-refractivity contribution in [1.82, 2.24) is 0 Å². The number of para-hydroxylation sites is 1. The van der Waals surface area contributed by atoms with Crippen LogP contribution in [0.4, 0.5) is 5.69 Å². The van der Waals surface area contributed by atoms with Crippen LogP contribution in [0, 0.1) is 5.92 Å². The summed E-state index contributed by atoms with van der Waals surface area (Å²) in [4.78, 5) is 17.4. The van der Waals surface area contributed by atoms with Gasteiger partial charge in [-0.1, -0.05) is 19.1 Å². The number of hydrogen-bond acceptors (Lipinski definition) is 3. The Hall–Kier alpha value is -1.81. The van der Waals surface area contributed by atoms with Gasteiger partial charge in [-0.3, -0.25) is 4.79 Å². The highest BCUT2D eigenvalue weighted by molar-refractivity contribution is 7.14. The van der Waals surface area contributed by atoms with Crippen LogP contribution in [0.15, 0.2) is 24.3 Å². The molecule has 0 unspecified atom stereocenters. The maximum absolute atomic E-state index is 13.2. The molecule has 2 aliphatic rings. The van der Waals surface area contributed by atoms with Crippen LogP contribution < -0.4 is 9.64 Å². The van der Waals surface area contributed by atoms with E-state index in [1.165, 1.54) is 22.4 Å². The van der Waals surface area contributed by atoms with Crippen molar-refractivity contribution in [3.63, 3.8) is 0 Å².